The van der Waals surface area contributed by atoms with Gasteiger partial charge < -0.3 is 0 Å². The Bertz CT molecular complexity index is 915. The molecule has 2 N–H and O–H groups in total. The number of carbonyl (C=O) groups is 2. The molecule has 0 bridgehead atoms. The SMILES string of the molecule is Cc1cc(C)n(CC(=O)NNC(=O)c2ccc(-c3ccccc3)cc2)n1. The summed E-state index contributed by atoms with van der Waals surface area (Å²) in [5.74, 6) is -0.711. The van der Waals surface area contributed by atoms with Crippen LogP contribution in [0.3, 0.4) is 0 Å². The van der Waals surface area contributed by atoms with Crippen molar-refractivity contribution in [3.05, 3.63) is 77.6 Å². The van der Waals surface area contributed by atoms with Crippen molar-refractivity contribution in [2.45, 2.75) is 20.4 Å². The molecule has 132 valence electrons. The number of rotatable bonds is 4. The van der Waals surface area contributed by atoms with Gasteiger partial charge in [0.25, 0.3) is 11.8 Å². The van der Waals surface area contributed by atoms with Crippen LogP contribution in [0.15, 0.2) is 60.7 Å². The number of aromatic nitrogens is 2. The molecule has 0 saturated carbocycles. The van der Waals surface area contributed by atoms with Gasteiger partial charge in [0.05, 0.1) is 5.69 Å². The Morgan fingerprint density at radius 2 is 1.58 bits per heavy atom. The molecule has 0 fully saturated rings. The van der Waals surface area contributed by atoms with E-state index in [1.165, 1.54) is 0 Å². The van der Waals surface area contributed by atoms with Gasteiger partial charge in [0.1, 0.15) is 6.54 Å². The summed E-state index contributed by atoms with van der Waals surface area (Å²) in [6.45, 7) is 3.79. The van der Waals surface area contributed by atoms with Crippen LogP contribution in [0.2, 0.25) is 0 Å². The van der Waals surface area contributed by atoms with Crippen molar-refractivity contribution in [2.24, 2.45) is 0 Å². The molecule has 0 radical (unpaired) electrons. The second-order valence-electron chi connectivity index (χ2n) is 6.03. The number of aryl methyl sites for hydroxylation is 2. The molecule has 1 heterocycles. The van der Waals surface area contributed by atoms with Gasteiger partial charge in [-0.1, -0.05) is 42.5 Å². The Morgan fingerprint density at radius 3 is 2.19 bits per heavy atom. The maximum atomic E-state index is 12.2. The third kappa shape index (κ3) is 4.16. The van der Waals surface area contributed by atoms with Gasteiger partial charge in [-0.05, 0) is 43.2 Å². The van der Waals surface area contributed by atoms with Gasteiger partial charge in [0.2, 0.25) is 0 Å². The third-order valence-corrected chi connectivity index (χ3v) is 3.97. The van der Waals surface area contributed by atoms with Crippen LogP contribution in [0.5, 0.6) is 0 Å². The maximum Gasteiger partial charge on any atom is 0.269 e. The van der Waals surface area contributed by atoms with Crippen LogP contribution in [0.1, 0.15) is 21.7 Å². The fourth-order valence-electron chi connectivity index (χ4n) is 2.65. The number of benzene rings is 2. The molecule has 0 saturated heterocycles. The zero-order valence-corrected chi connectivity index (χ0v) is 14.7. The van der Waals surface area contributed by atoms with Crippen LogP contribution in [0.4, 0.5) is 0 Å². The molecule has 0 unspecified atom stereocenters. The van der Waals surface area contributed by atoms with Gasteiger partial charge in [-0.3, -0.25) is 25.1 Å². The zero-order valence-electron chi connectivity index (χ0n) is 14.7. The van der Waals surface area contributed by atoms with Gasteiger partial charge in [-0.2, -0.15) is 5.10 Å². The molecule has 6 nitrogen and oxygen atoms in total. The first kappa shape index (κ1) is 17.4. The third-order valence-electron chi connectivity index (χ3n) is 3.97. The number of amides is 2. The lowest BCUT2D eigenvalue weighted by Gasteiger charge is -2.09. The van der Waals surface area contributed by atoms with E-state index >= 15 is 0 Å². The normalized spacial score (nSPS) is 10.4. The van der Waals surface area contributed by atoms with Crippen LogP contribution in [-0.4, -0.2) is 21.6 Å². The number of hydrogen-bond donors (Lipinski definition) is 2. The molecule has 26 heavy (non-hydrogen) atoms. The van der Waals surface area contributed by atoms with E-state index in [0.29, 0.717) is 5.56 Å². The largest absolute Gasteiger partial charge is 0.271 e. The van der Waals surface area contributed by atoms with Crippen LogP contribution < -0.4 is 10.9 Å². The standard InChI is InChI=1S/C20H20N4O2/c1-14-12-15(2)24(23-14)13-19(25)21-22-20(26)18-10-8-17(9-11-18)16-6-4-3-5-7-16/h3-12H,13H2,1-2H3,(H,21,25)(H,22,26). The second-order valence-corrected chi connectivity index (χ2v) is 6.03. The molecule has 2 aromatic carbocycles. The van der Waals surface area contributed by atoms with E-state index in [0.717, 1.165) is 22.5 Å². The van der Waals surface area contributed by atoms with Crippen molar-refractivity contribution in [2.75, 3.05) is 0 Å². The summed E-state index contributed by atoms with van der Waals surface area (Å²) in [6, 6.07) is 19.0. The molecule has 3 aromatic rings. The molecule has 2 amide bonds. The number of nitrogens with zero attached hydrogens (tertiary/aromatic N) is 2. The molecule has 3 rings (SSSR count). The molecule has 0 aliphatic rings. The number of hydrogen-bond acceptors (Lipinski definition) is 3. The van der Waals surface area contributed by atoms with Crippen LogP contribution >= 0.6 is 0 Å². The fraction of sp³-hybridized carbons (Fsp3) is 0.150. The highest BCUT2D eigenvalue weighted by Crippen LogP contribution is 2.19. The number of nitrogens with one attached hydrogen (secondary N) is 2. The van der Waals surface area contributed by atoms with E-state index in [1.807, 2.05) is 62.4 Å². The summed E-state index contributed by atoms with van der Waals surface area (Å²) in [4.78, 5) is 24.1. The average Bonchev–Trinajstić information content (AvgIpc) is 2.97. The molecular formula is C20H20N4O2. The number of hydrazine groups is 1. The van der Waals surface area contributed by atoms with E-state index in [2.05, 4.69) is 16.0 Å². The monoisotopic (exact) mass is 348 g/mol. The maximum absolute atomic E-state index is 12.2. The minimum atomic E-state index is -0.369. The van der Waals surface area contributed by atoms with Gasteiger partial charge in [-0.15, -0.1) is 0 Å². The fourth-order valence-corrected chi connectivity index (χ4v) is 2.65. The van der Waals surface area contributed by atoms with Gasteiger partial charge >= 0.3 is 0 Å². The Morgan fingerprint density at radius 1 is 0.923 bits per heavy atom. The van der Waals surface area contributed by atoms with E-state index < -0.39 is 0 Å². The summed E-state index contributed by atoms with van der Waals surface area (Å²) in [7, 11) is 0. The quantitative estimate of drug-likeness (QED) is 0.712. The summed E-state index contributed by atoms with van der Waals surface area (Å²) in [6.07, 6.45) is 0. The van der Waals surface area contributed by atoms with Gasteiger partial charge in [0.15, 0.2) is 0 Å². The van der Waals surface area contributed by atoms with Crippen molar-refractivity contribution < 1.29 is 9.59 Å². The molecule has 0 aliphatic carbocycles. The highest BCUT2D eigenvalue weighted by atomic mass is 16.2. The highest BCUT2D eigenvalue weighted by Gasteiger charge is 2.10. The minimum Gasteiger partial charge on any atom is -0.271 e. The zero-order chi connectivity index (χ0) is 18.5. The van der Waals surface area contributed by atoms with Gasteiger partial charge in [0, 0.05) is 11.3 Å². The first-order valence-corrected chi connectivity index (χ1v) is 8.28. The van der Waals surface area contributed by atoms with E-state index in [1.54, 1.807) is 16.8 Å². The van der Waals surface area contributed by atoms with Crippen molar-refractivity contribution in [3.8, 4) is 11.1 Å². The predicted molar refractivity (Wildman–Crippen MR) is 99.2 cm³/mol. The smallest absolute Gasteiger partial charge is 0.269 e. The van der Waals surface area contributed by atoms with E-state index in [9.17, 15) is 9.59 Å². The molecule has 6 heteroatoms. The number of carbonyl (C=O) groups excluding carboxylic acids is 2. The second kappa shape index (κ2) is 7.65. The highest BCUT2D eigenvalue weighted by molar-refractivity contribution is 5.95. The molecule has 0 spiro atoms. The average molecular weight is 348 g/mol. The van der Waals surface area contributed by atoms with Crippen molar-refractivity contribution >= 4 is 11.8 Å². The van der Waals surface area contributed by atoms with E-state index in [4.69, 9.17) is 0 Å². The summed E-state index contributed by atoms with van der Waals surface area (Å²) in [5.41, 5.74) is 9.15. The first-order valence-electron chi connectivity index (χ1n) is 8.28. The summed E-state index contributed by atoms with van der Waals surface area (Å²) >= 11 is 0. The summed E-state index contributed by atoms with van der Waals surface area (Å²) in [5, 5.41) is 4.22. The lowest BCUT2D eigenvalue weighted by Crippen LogP contribution is -2.43. The van der Waals surface area contributed by atoms with E-state index in [-0.39, 0.29) is 18.4 Å². The summed E-state index contributed by atoms with van der Waals surface area (Å²) < 4.78 is 1.59. The Hall–Kier alpha value is -3.41. The molecule has 0 aliphatic heterocycles. The topological polar surface area (TPSA) is 76.0 Å². The van der Waals surface area contributed by atoms with Crippen LogP contribution in [0, 0.1) is 13.8 Å². The first-order chi connectivity index (χ1) is 12.5. The molecule has 0 atom stereocenters. The molecule has 1 aromatic heterocycles. The Balaban J connectivity index is 1.56. The molecular weight excluding hydrogens is 328 g/mol. The van der Waals surface area contributed by atoms with Crippen molar-refractivity contribution in [3.63, 3.8) is 0 Å². The Labute approximate surface area is 151 Å². The lowest BCUT2D eigenvalue weighted by molar-refractivity contribution is -0.122. The van der Waals surface area contributed by atoms with Crippen LogP contribution in [-0.2, 0) is 11.3 Å². The van der Waals surface area contributed by atoms with Crippen molar-refractivity contribution in [1.29, 1.82) is 0 Å². The predicted octanol–water partition coefficient (Wildman–Crippen LogP) is 2.63. The van der Waals surface area contributed by atoms with Crippen molar-refractivity contribution in [1.82, 2.24) is 20.6 Å². The minimum absolute atomic E-state index is 0.0485. The Kier molecular flexibility index (Phi) is 5.12. The lowest BCUT2D eigenvalue weighted by atomic mass is 10.0. The van der Waals surface area contributed by atoms with Crippen LogP contribution in [0.25, 0.3) is 11.1 Å². The van der Waals surface area contributed by atoms with Gasteiger partial charge in [-0.25, -0.2) is 0 Å².